The Morgan fingerprint density at radius 3 is 2.33 bits per heavy atom. The minimum Gasteiger partial charge on any atom is -0.316 e. The number of rotatable bonds is 8. The predicted molar refractivity (Wildman–Crippen MR) is 63.9 cm³/mol. The molecule has 0 atom stereocenters. The van der Waals surface area contributed by atoms with E-state index >= 15 is 0 Å². The van der Waals surface area contributed by atoms with Gasteiger partial charge in [-0.05, 0) is 6.42 Å². The fourth-order valence-electron chi connectivity index (χ4n) is 1.18. The van der Waals surface area contributed by atoms with Crippen LogP contribution in [0.2, 0.25) is 0 Å². The minimum atomic E-state index is -0.161. The summed E-state index contributed by atoms with van der Waals surface area (Å²) >= 11 is 0. The molecule has 0 aromatic heterocycles. The molecule has 0 saturated carbocycles. The molecule has 0 unspecified atom stereocenters. The topological polar surface area (TPSA) is 34.4 Å². The number of unbranched alkanes of at least 4 members (excludes halogenated alkanes) is 2. The lowest BCUT2D eigenvalue weighted by Gasteiger charge is -2.18. The van der Waals surface area contributed by atoms with Gasteiger partial charge in [-0.1, -0.05) is 31.9 Å². The maximum absolute atomic E-state index is 11.5. The van der Waals surface area contributed by atoms with Crippen LogP contribution in [-0.4, -0.2) is 30.6 Å². The van der Waals surface area contributed by atoms with Crippen molar-refractivity contribution >= 4 is 6.03 Å². The number of carbonyl (C=O) groups excluding carboxylic acids is 1. The number of carbonyl (C=O) groups is 1. The largest absolute Gasteiger partial charge is 0.339 e. The van der Waals surface area contributed by atoms with E-state index < -0.39 is 0 Å². The lowest BCUT2D eigenvalue weighted by molar-refractivity contribution is 0.207. The SMILES string of the molecule is C=CCN(CC=C)C(=O)[N]CCCCC. The van der Waals surface area contributed by atoms with Crippen LogP contribution in [0.15, 0.2) is 25.3 Å². The van der Waals surface area contributed by atoms with Crippen molar-refractivity contribution in [1.29, 1.82) is 0 Å². The maximum atomic E-state index is 11.5. The van der Waals surface area contributed by atoms with E-state index in [-0.39, 0.29) is 6.03 Å². The number of hydrogen-bond acceptors (Lipinski definition) is 1. The molecule has 0 fully saturated rings. The highest BCUT2D eigenvalue weighted by molar-refractivity contribution is 5.74. The van der Waals surface area contributed by atoms with Crippen LogP contribution in [0.3, 0.4) is 0 Å². The Bertz CT molecular complexity index is 192. The molecular weight excluding hydrogens is 188 g/mol. The van der Waals surface area contributed by atoms with Crippen molar-refractivity contribution in [2.75, 3.05) is 19.6 Å². The molecule has 0 aliphatic carbocycles. The second-order valence-electron chi connectivity index (χ2n) is 3.35. The van der Waals surface area contributed by atoms with Crippen LogP contribution in [0.4, 0.5) is 4.79 Å². The summed E-state index contributed by atoms with van der Waals surface area (Å²) in [5.74, 6) is 0. The average Bonchev–Trinajstić information content (AvgIpc) is 2.24. The zero-order chi connectivity index (χ0) is 11.5. The van der Waals surface area contributed by atoms with Crippen molar-refractivity contribution in [3.63, 3.8) is 0 Å². The van der Waals surface area contributed by atoms with Crippen LogP contribution in [0.1, 0.15) is 26.2 Å². The third-order valence-electron chi connectivity index (χ3n) is 1.98. The molecule has 3 heteroatoms. The second kappa shape index (κ2) is 9.31. The van der Waals surface area contributed by atoms with Crippen LogP contribution in [0.5, 0.6) is 0 Å². The molecule has 0 rings (SSSR count). The summed E-state index contributed by atoms with van der Waals surface area (Å²) in [5.41, 5.74) is 0. The van der Waals surface area contributed by atoms with Crippen molar-refractivity contribution in [2.45, 2.75) is 26.2 Å². The minimum absolute atomic E-state index is 0.161. The molecular formula is C12H21N2O. The van der Waals surface area contributed by atoms with E-state index in [0.29, 0.717) is 19.6 Å². The molecule has 85 valence electrons. The van der Waals surface area contributed by atoms with Crippen LogP contribution >= 0.6 is 0 Å². The molecule has 0 bridgehead atoms. The monoisotopic (exact) mass is 209 g/mol. The van der Waals surface area contributed by atoms with E-state index in [1.807, 2.05) is 0 Å². The molecule has 3 nitrogen and oxygen atoms in total. The van der Waals surface area contributed by atoms with Gasteiger partial charge in [-0.15, -0.1) is 13.2 Å². The zero-order valence-corrected chi connectivity index (χ0v) is 9.61. The van der Waals surface area contributed by atoms with E-state index in [4.69, 9.17) is 0 Å². The number of urea groups is 1. The Hall–Kier alpha value is -1.25. The van der Waals surface area contributed by atoms with Crippen LogP contribution in [0, 0.1) is 0 Å². The summed E-state index contributed by atoms with van der Waals surface area (Å²) in [4.78, 5) is 13.2. The fraction of sp³-hybridized carbons (Fsp3) is 0.583. The first-order valence-electron chi connectivity index (χ1n) is 5.44. The highest BCUT2D eigenvalue weighted by atomic mass is 16.2. The summed E-state index contributed by atoms with van der Waals surface area (Å²) in [6.07, 6.45) is 6.65. The van der Waals surface area contributed by atoms with Crippen LogP contribution in [0.25, 0.3) is 0 Å². The van der Waals surface area contributed by atoms with Gasteiger partial charge in [0.1, 0.15) is 0 Å². The van der Waals surface area contributed by atoms with Gasteiger partial charge in [0.25, 0.3) is 0 Å². The Balaban J connectivity index is 3.80. The van der Waals surface area contributed by atoms with Gasteiger partial charge < -0.3 is 4.90 Å². The van der Waals surface area contributed by atoms with Gasteiger partial charge in [0.2, 0.25) is 0 Å². The molecule has 1 radical (unpaired) electrons. The summed E-state index contributed by atoms with van der Waals surface area (Å²) in [6, 6.07) is -0.161. The highest BCUT2D eigenvalue weighted by Crippen LogP contribution is 1.95. The molecule has 0 N–H and O–H groups in total. The molecule has 0 aromatic carbocycles. The Kier molecular flexibility index (Phi) is 8.53. The Labute approximate surface area is 92.8 Å². The fourth-order valence-corrected chi connectivity index (χ4v) is 1.18. The van der Waals surface area contributed by atoms with E-state index in [1.165, 1.54) is 0 Å². The summed E-state index contributed by atoms with van der Waals surface area (Å²) in [6.45, 7) is 11.0. The summed E-state index contributed by atoms with van der Waals surface area (Å²) in [5, 5.41) is 3.99. The van der Waals surface area contributed by atoms with Crippen molar-refractivity contribution in [1.82, 2.24) is 10.2 Å². The van der Waals surface area contributed by atoms with Crippen molar-refractivity contribution in [3.8, 4) is 0 Å². The molecule has 15 heavy (non-hydrogen) atoms. The average molecular weight is 209 g/mol. The molecule has 0 aromatic rings. The van der Waals surface area contributed by atoms with E-state index in [0.717, 1.165) is 19.3 Å². The van der Waals surface area contributed by atoms with Crippen LogP contribution < -0.4 is 5.32 Å². The highest BCUT2D eigenvalue weighted by Gasteiger charge is 2.10. The van der Waals surface area contributed by atoms with Crippen molar-refractivity contribution in [2.24, 2.45) is 0 Å². The molecule has 0 aliphatic heterocycles. The summed E-state index contributed by atoms with van der Waals surface area (Å²) < 4.78 is 0. The number of nitrogens with zero attached hydrogens (tertiary/aromatic N) is 2. The van der Waals surface area contributed by atoms with E-state index in [9.17, 15) is 4.79 Å². The lowest BCUT2D eigenvalue weighted by atomic mass is 10.2. The Morgan fingerprint density at radius 2 is 1.87 bits per heavy atom. The zero-order valence-electron chi connectivity index (χ0n) is 9.61. The third-order valence-corrected chi connectivity index (χ3v) is 1.98. The lowest BCUT2D eigenvalue weighted by Crippen LogP contribution is -2.36. The number of amides is 2. The van der Waals surface area contributed by atoms with Crippen LogP contribution in [-0.2, 0) is 0 Å². The van der Waals surface area contributed by atoms with E-state index in [1.54, 1.807) is 17.1 Å². The van der Waals surface area contributed by atoms with Gasteiger partial charge >= 0.3 is 6.03 Å². The molecule has 2 amide bonds. The maximum Gasteiger partial charge on any atom is 0.339 e. The first-order valence-corrected chi connectivity index (χ1v) is 5.44. The summed E-state index contributed by atoms with van der Waals surface area (Å²) in [7, 11) is 0. The standard InChI is InChI=1S/C12H21N2O/c1-4-7-8-9-13-12(15)14(10-5-2)11-6-3/h5-6H,2-4,7-11H2,1H3. The van der Waals surface area contributed by atoms with Crippen molar-refractivity contribution < 1.29 is 4.79 Å². The first-order chi connectivity index (χ1) is 7.26. The van der Waals surface area contributed by atoms with Gasteiger partial charge in [-0.3, -0.25) is 0 Å². The second-order valence-corrected chi connectivity index (χ2v) is 3.35. The molecule has 0 heterocycles. The molecule has 0 spiro atoms. The quantitative estimate of drug-likeness (QED) is 0.447. The molecule has 0 aliphatic rings. The third kappa shape index (κ3) is 6.77. The first kappa shape index (κ1) is 13.8. The molecule has 0 saturated heterocycles. The normalized spacial score (nSPS) is 9.40. The predicted octanol–water partition coefficient (Wildman–Crippen LogP) is 2.58. The van der Waals surface area contributed by atoms with Crippen molar-refractivity contribution in [3.05, 3.63) is 25.3 Å². The Morgan fingerprint density at radius 1 is 1.27 bits per heavy atom. The smallest absolute Gasteiger partial charge is 0.316 e. The van der Waals surface area contributed by atoms with Gasteiger partial charge in [-0.2, -0.15) is 0 Å². The van der Waals surface area contributed by atoms with Gasteiger partial charge in [-0.25, -0.2) is 10.1 Å². The number of hydrogen-bond donors (Lipinski definition) is 0. The van der Waals surface area contributed by atoms with Gasteiger partial charge in [0, 0.05) is 19.6 Å². The van der Waals surface area contributed by atoms with E-state index in [2.05, 4.69) is 25.4 Å². The van der Waals surface area contributed by atoms with Gasteiger partial charge in [0.05, 0.1) is 0 Å². The van der Waals surface area contributed by atoms with Gasteiger partial charge in [0.15, 0.2) is 0 Å².